The highest BCUT2D eigenvalue weighted by Gasteiger charge is 2.09. The van der Waals surface area contributed by atoms with Crippen LogP contribution in [0.5, 0.6) is 23.0 Å². The maximum atomic E-state index is 12.2. The lowest BCUT2D eigenvalue weighted by Gasteiger charge is -2.14. The van der Waals surface area contributed by atoms with Crippen LogP contribution in [0.4, 0.5) is 0 Å². The van der Waals surface area contributed by atoms with Gasteiger partial charge in [-0.1, -0.05) is 97.1 Å². The summed E-state index contributed by atoms with van der Waals surface area (Å²) in [6.07, 6.45) is 0. The molecular weight excluding hydrogens is 775 g/mol. The quantitative estimate of drug-likeness (QED) is 0.204. The third-order valence-corrected chi connectivity index (χ3v) is 9.26. The number of esters is 1. The van der Waals surface area contributed by atoms with Gasteiger partial charge in [0.1, 0.15) is 46.1 Å². The second-order valence-corrected chi connectivity index (χ2v) is 14.3. The van der Waals surface area contributed by atoms with E-state index in [-0.39, 0.29) is 12.6 Å². The van der Waals surface area contributed by atoms with Crippen molar-refractivity contribution >= 4 is 19.1 Å². The van der Waals surface area contributed by atoms with Crippen LogP contribution in [0.1, 0.15) is 38.2 Å². The molecule has 0 saturated carbocycles. The first-order chi connectivity index (χ1) is 29.8. The van der Waals surface area contributed by atoms with E-state index in [1.54, 1.807) is 18.2 Å². The van der Waals surface area contributed by atoms with Gasteiger partial charge in [0, 0.05) is 11.1 Å². The van der Waals surface area contributed by atoms with Crippen LogP contribution in [0.3, 0.4) is 0 Å². The topological polar surface area (TPSA) is 117 Å². The van der Waals surface area contributed by atoms with Crippen molar-refractivity contribution in [2.24, 2.45) is 0 Å². The summed E-state index contributed by atoms with van der Waals surface area (Å²) in [6.45, 7) is 19.6. The minimum absolute atomic E-state index is 0.254. The third-order valence-electron chi connectivity index (χ3n) is 9.26. The zero-order valence-corrected chi connectivity index (χ0v) is 35.6. The van der Waals surface area contributed by atoms with Crippen LogP contribution in [-0.4, -0.2) is 85.3 Å². The maximum Gasteiger partial charge on any atom is 0.338 e. The number of aryl methyl sites for hydroxylation is 2. The van der Waals surface area contributed by atoms with Crippen LogP contribution in [0.15, 0.2) is 109 Å². The molecule has 5 aromatic rings. The van der Waals surface area contributed by atoms with Gasteiger partial charge in [-0.3, -0.25) is 0 Å². The van der Waals surface area contributed by atoms with Gasteiger partial charge in [-0.25, -0.2) is 4.79 Å². The number of fused-ring (bicyclic) bond motifs is 2. The number of nitrogens with two attached hydrogens (primary N) is 1. The molecule has 1 aliphatic rings. The van der Waals surface area contributed by atoms with E-state index in [0.717, 1.165) is 29.1 Å². The van der Waals surface area contributed by atoms with E-state index in [4.69, 9.17) is 42.6 Å². The Morgan fingerprint density at radius 1 is 0.492 bits per heavy atom. The molecule has 11 heteroatoms. The van der Waals surface area contributed by atoms with Crippen LogP contribution in [-0.2, 0) is 43.4 Å². The molecule has 0 aliphatic carbocycles. The molecule has 324 valence electrons. The van der Waals surface area contributed by atoms with Crippen molar-refractivity contribution in [3.8, 4) is 23.0 Å². The summed E-state index contributed by atoms with van der Waals surface area (Å²) in [5, 5.41) is 3.85. The zero-order chi connectivity index (χ0) is 42.9. The lowest BCUT2D eigenvalue weighted by atomic mass is 10.1. The molecule has 5 aromatic carbocycles. The largest absolute Gasteiger partial charge is 0.487 e. The number of ether oxygens (including phenoxy) is 9. The fourth-order valence-electron chi connectivity index (χ4n) is 6.21. The van der Waals surface area contributed by atoms with Gasteiger partial charge < -0.3 is 47.9 Å². The average Bonchev–Trinajstić information content (AvgIpc) is 3.26. The van der Waals surface area contributed by atoms with Gasteiger partial charge in [0.05, 0.1) is 58.4 Å². The predicted molar refractivity (Wildman–Crippen MR) is 236 cm³/mol. The Kier molecular flexibility index (Phi) is 20.2. The molecule has 1 heterocycles. The molecular formula is C50H60NO10+. The summed E-state index contributed by atoms with van der Waals surface area (Å²) in [6, 6.07) is 35.2. The highest BCUT2D eigenvalue weighted by atomic mass is 16.6. The number of quaternary nitrogens is 1. The summed E-state index contributed by atoms with van der Waals surface area (Å²) in [7, 11) is 0. The van der Waals surface area contributed by atoms with Gasteiger partial charge in [-0.2, -0.15) is 0 Å². The number of para-hydroxylation sites is 4. The van der Waals surface area contributed by atoms with Gasteiger partial charge in [-0.15, -0.1) is 0 Å². The Morgan fingerprint density at radius 3 is 1.34 bits per heavy atom. The standard InChI is InChI=1S/C26H27NO2.C24H32O8/c1-18-11-19(2)13-24(12-18)16-27-15-22-6-8-23(9-7-22)17-29-26(28)25-10-5-20(3)21(4)14-25;1-2-6-22-21(5-1)29-17-13-25-9-10-27-15-19-31-23-7-3-4-8-24(23)32-20-16-28-12-11-26-14-18-30-22/h5-14,27H,3-4,15-17H2,1-2H3;1-8H,9-20H2/p+1. The zero-order valence-electron chi connectivity index (χ0n) is 35.6. The second kappa shape index (κ2) is 26.5. The smallest absolute Gasteiger partial charge is 0.338 e. The van der Waals surface area contributed by atoms with E-state index in [1.165, 1.54) is 22.3 Å². The van der Waals surface area contributed by atoms with Crippen LogP contribution in [0.25, 0.3) is 13.2 Å². The predicted octanol–water partition coefficient (Wildman–Crippen LogP) is 5.73. The number of benzene rings is 5. The van der Waals surface area contributed by atoms with Crippen molar-refractivity contribution in [3.05, 3.63) is 153 Å². The Balaban J connectivity index is 0.000000232. The second-order valence-electron chi connectivity index (χ2n) is 14.3. The number of hydrogen-bond donors (Lipinski definition) is 1. The van der Waals surface area contributed by atoms with Gasteiger partial charge in [-0.05, 0) is 66.2 Å². The van der Waals surface area contributed by atoms with Crippen molar-refractivity contribution in [1.29, 1.82) is 0 Å². The molecule has 0 amide bonds. The van der Waals surface area contributed by atoms with Crippen molar-refractivity contribution in [2.75, 3.05) is 79.3 Å². The molecule has 11 nitrogen and oxygen atoms in total. The van der Waals surface area contributed by atoms with Crippen molar-refractivity contribution in [1.82, 2.24) is 0 Å². The monoisotopic (exact) mass is 834 g/mol. The number of carbonyl (C=O) groups is 1. The van der Waals surface area contributed by atoms with Crippen LogP contribution in [0.2, 0.25) is 0 Å². The molecule has 1 aliphatic heterocycles. The highest BCUT2D eigenvalue weighted by molar-refractivity contribution is 5.89. The Morgan fingerprint density at radius 2 is 0.902 bits per heavy atom. The summed E-state index contributed by atoms with van der Waals surface area (Å²) < 4.78 is 50.8. The fourth-order valence-corrected chi connectivity index (χ4v) is 6.21. The van der Waals surface area contributed by atoms with Crippen molar-refractivity contribution < 1.29 is 52.7 Å². The van der Waals surface area contributed by atoms with E-state index < -0.39 is 0 Å². The molecule has 2 N–H and O–H groups in total. The van der Waals surface area contributed by atoms with E-state index in [2.05, 4.69) is 62.7 Å². The summed E-state index contributed by atoms with van der Waals surface area (Å²) in [5.41, 5.74) is 6.68. The van der Waals surface area contributed by atoms with Gasteiger partial charge >= 0.3 is 5.97 Å². The normalized spacial score (nSPS) is 14.7. The molecule has 0 atom stereocenters. The summed E-state index contributed by atoms with van der Waals surface area (Å²) in [5.74, 6) is 2.39. The molecule has 0 aromatic heterocycles. The first-order valence-electron chi connectivity index (χ1n) is 20.8. The minimum Gasteiger partial charge on any atom is -0.487 e. The molecule has 0 bridgehead atoms. The minimum atomic E-state index is -0.347. The molecule has 0 saturated heterocycles. The number of hydrogen-bond acceptors (Lipinski definition) is 10. The first-order valence-corrected chi connectivity index (χ1v) is 20.8. The van der Waals surface area contributed by atoms with Crippen LogP contribution < -0.4 is 34.7 Å². The third kappa shape index (κ3) is 17.4. The SMILES string of the molecule is C=c1ccc(C(=O)OCc2ccc(C[NH2+]Cc3cc(C)cc(C)c3)cc2)cc1=C.c1ccc2c(c1)OCCOCCOCCOc1ccccc1OCCOCCOCCO2. The number of carbonyl (C=O) groups excluding carboxylic acids is 1. The van der Waals surface area contributed by atoms with E-state index >= 15 is 0 Å². The van der Waals surface area contributed by atoms with Crippen LogP contribution >= 0.6 is 0 Å². The fraction of sp³-hybridized carbons (Fsp3) is 0.340. The summed E-state index contributed by atoms with van der Waals surface area (Å²) >= 11 is 0. The van der Waals surface area contributed by atoms with Gasteiger partial charge in [0.15, 0.2) is 23.0 Å². The van der Waals surface area contributed by atoms with E-state index in [0.29, 0.717) is 108 Å². The molecule has 0 unspecified atom stereocenters. The van der Waals surface area contributed by atoms with Crippen molar-refractivity contribution in [2.45, 2.75) is 33.5 Å². The first kappa shape index (κ1) is 46.4. The van der Waals surface area contributed by atoms with Crippen molar-refractivity contribution in [3.63, 3.8) is 0 Å². The van der Waals surface area contributed by atoms with E-state index in [9.17, 15) is 4.79 Å². The molecule has 0 fully saturated rings. The molecule has 0 spiro atoms. The lowest BCUT2D eigenvalue weighted by molar-refractivity contribution is -0.686. The Labute approximate surface area is 359 Å². The average molecular weight is 835 g/mol. The maximum absolute atomic E-state index is 12.2. The molecule has 6 rings (SSSR count). The van der Waals surface area contributed by atoms with Crippen LogP contribution in [0, 0.1) is 13.8 Å². The van der Waals surface area contributed by atoms with Gasteiger partial charge in [0.2, 0.25) is 0 Å². The molecule has 61 heavy (non-hydrogen) atoms. The van der Waals surface area contributed by atoms with E-state index in [1.807, 2.05) is 60.7 Å². The highest BCUT2D eigenvalue weighted by Crippen LogP contribution is 2.27. The lowest BCUT2D eigenvalue weighted by Crippen LogP contribution is -2.80. The number of rotatable bonds is 7. The Hall–Kier alpha value is -5.69. The van der Waals surface area contributed by atoms with Gasteiger partial charge in [0.25, 0.3) is 0 Å². The molecule has 0 radical (unpaired) electrons. The summed E-state index contributed by atoms with van der Waals surface area (Å²) in [4.78, 5) is 12.2. The Bertz CT molecular complexity index is 2010.